The molecule has 31 heavy (non-hydrogen) atoms. The van der Waals surface area contributed by atoms with E-state index in [1.54, 1.807) is 13.1 Å². The highest BCUT2D eigenvalue weighted by molar-refractivity contribution is 14.0. The molecule has 0 radical (unpaired) electrons. The van der Waals surface area contributed by atoms with Crippen LogP contribution in [0, 0.1) is 0 Å². The van der Waals surface area contributed by atoms with Crippen molar-refractivity contribution in [3.8, 4) is 28.7 Å². The monoisotopic (exact) mass is 549 g/mol. The molecule has 0 saturated carbocycles. The Hall–Kier alpha value is -2.70. The number of nitrogens with one attached hydrogen (secondary N) is 2. The maximum Gasteiger partial charge on any atom is 0.387 e. The first-order valence-corrected chi connectivity index (χ1v) is 9.33. The van der Waals surface area contributed by atoms with Crippen molar-refractivity contribution >= 4 is 29.9 Å². The van der Waals surface area contributed by atoms with Crippen molar-refractivity contribution in [2.45, 2.75) is 19.6 Å². The van der Waals surface area contributed by atoms with Gasteiger partial charge in [-0.1, -0.05) is 6.07 Å². The Morgan fingerprint density at radius 3 is 2.39 bits per heavy atom. The summed E-state index contributed by atoms with van der Waals surface area (Å²) >= 11 is 0. The van der Waals surface area contributed by atoms with E-state index in [9.17, 15) is 8.78 Å². The lowest BCUT2D eigenvalue weighted by Gasteiger charge is -2.15. The lowest BCUT2D eigenvalue weighted by molar-refractivity contribution is -0.0505. The van der Waals surface area contributed by atoms with E-state index in [1.807, 2.05) is 18.2 Å². The van der Waals surface area contributed by atoms with Gasteiger partial charge in [-0.2, -0.15) is 8.78 Å². The van der Waals surface area contributed by atoms with Gasteiger partial charge in [-0.3, -0.25) is 4.99 Å². The predicted molar refractivity (Wildman–Crippen MR) is 119 cm³/mol. The van der Waals surface area contributed by atoms with Gasteiger partial charge in [-0.05, 0) is 30.2 Å². The van der Waals surface area contributed by atoms with Gasteiger partial charge in [0.05, 0.1) is 0 Å². The van der Waals surface area contributed by atoms with Crippen LogP contribution in [0.5, 0.6) is 28.7 Å². The molecule has 2 aromatic rings. The third kappa shape index (κ3) is 5.71. The number of fused-ring (bicyclic) bond motifs is 2. The Bertz CT molecular complexity index is 945. The van der Waals surface area contributed by atoms with E-state index in [0.717, 1.165) is 23.5 Å². The average molecular weight is 549 g/mol. The van der Waals surface area contributed by atoms with Crippen LogP contribution < -0.4 is 34.3 Å². The fraction of sp³-hybridized carbons (Fsp3) is 0.350. The Kier molecular flexibility index (Phi) is 7.82. The molecule has 0 saturated heterocycles. The molecular formula is C20H22F2IN3O5. The molecule has 4 rings (SSSR count). The molecule has 0 unspecified atom stereocenters. The van der Waals surface area contributed by atoms with Gasteiger partial charge in [0.1, 0.15) is 5.75 Å². The van der Waals surface area contributed by atoms with Gasteiger partial charge in [0.15, 0.2) is 29.0 Å². The molecule has 8 nitrogen and oxygen atoms in total. The van der Waals surface area contributed by atoms with Gasteiger partial charge < -0.3 is 34.3 Å². The summed E-state index contributed by atoms with van der Waals surface area (Å²) in [5.74, 6) is 2.90. The van der Waals surface area contributed by atoms with Crippen LogP contribution >= 0.6 is 24.0 Å². The van der Waals surface area contributed by atoms with E-state index < -0.39 is 6.61 Å². The number of halogens is 3. The lowest BCUT2D eigenvalue weighted by atomic mass is 10.1. The third-order valence-corrected chi connectivity index (χ3v) is 4.58. The highest BCUT2D eigenvalue weighted by atomic mass is 127. The maximum absolute atomic E-state index is 12.8. The van der Waals surface area contributed by atoms with Crippen molar-refractivity contribution in [2.75, 3.05) is 27.2 Å². The summed E-state index contributed by atoms with van der Waals surface area (Å²) < 4.78 is 51.4. The summed E-state index contributed by atoms with van der Waals surface area (Å²) in [6.45, 7) is -1.83. The zero-order valence-corrected chi connectivity index (χ0v) is 19.0. The predicted octanol–water partition coefficient (Wildman–Crippen LogP) is 3.27. The molecule has 0 aliphatic carbocycles. The zero-order valence-electron chi connectivity index (χ0n) is 16.7. The van der Waals surface area contributed by atoms with Gasteiger partial charge in [0.25, 0.3) is 0 Å². The van der Waals surface area contributed by atoms with Crippen LogP contribution in [-0.4, -0.2) is 39.7 Å². The van der Waals surface area contributed by atoms with E-state index in [1.165, 1.54) is 6.07 Å². The van der Waals surface area contributed by atoms with Crippen LogP contribution in [0.15, 0.2) is 35.3 Å². The molecule has 168 valence electrons. The van der Waals surface area contributed by atoms with Crippen LogP contribution in [0.4, 0.5) is 8.78 Å². The van der Waals surface area contributed by atoms with Gasteiger partial charge in [-0.25, -0.2) is 0 Å². The van der Waals surface area contributed by atoms with E-state index in [0.29, 0.717) is 29.6 Å². The van der Waals surface area contributed by atoms with Crippen molar-refractivity contribution in [1.82, 2.24) is 10.6 Å². The van der Waals surface area contributed by atoms with Crippen molar-refractivity contribution in [1.29, 1.82) is 0 Å². The Balaban J connectivity index is 0.00000272. The van der Waals surface area contributed by atoms with E-state index in [2.05, 4.69) is 20.4 Å². The highest BCUT2D eigenvalue weighted by Gasteiger charge is 2.20. The summed E-state index contributed by atoms with van der Waals surface area (Å²) in [5.41, 5.74) is 1.59. The minimum Gasteiger partial charge on any atom is -0.454 e. The zero-order chi connectivity index (χ0) is 20.9. The second-order valence-electron chi connectivity index (χ2n) is 6.48. The van der Waals surface area contributed by atoms with Gasteiger partial charge in [0.2, 0.25) is 13.6 Å². The van der Waals surface area contributed by atoms with Crippen molar-refractivity contribution in [3.63, 3.8) is 0 Å². The van der Waals surface area contributed by atoms with Gasteiger partial charge in [-0.15, -0.1) is 24.0 Å². The van der Waals surface area contributed by atoms with Crippen LogP contribution in [-0.2, 0) is 13.0 Å². The lowest BCUT2D eigenvalue weighted by Crippen LogP contribution is -2.38. The molecule has 0 aromatic heterocycles. The van der Waals surface area contributed by atoms with Crippen molar-refractivity contribution in [2.24, 2.45) is 4.99 Å². The molecule has 0 fully saturated rings. The fourth-order valence-electron chi connectivity index (χ4n) is 3.13. The molecule has 0 amide bonds. The number of aliphatic imine (C=N–C) groups is 1. The first-order valence-electron chi connectivity index (χ1n) is 9.33. The van der Waals surface area contributed by atoms with Crippen LogP contribution in [0.3, 0.4) is 0 Å². The van der Waals surface area contributed by atoms with Crippen LogP contribution in [0.1, 0.15) is 11.1 Å². The van der Waals surface area contributed by atoms with Gasteiger partial charge >= 0.3 is 6.61 Å². The SMILES string of the molecule is CN=C(NCCc1ccc2c(c1)OCO2)NCc1cc2c(cc1OC(F)F)OCO2.I. The second kappa shape index (κ2) is 10.6. The molecule has 0 bridgehead atoms. The largest absolute Gasteiger partial charge is 0.454 e. The standard InChI is InChI=1S/C20H21F2N3O5.HI/c1-23-20(24-5-4-12-2-3-14-16(6-12)27-10-26-14)25-9-13-7-17-18(29-11-28-17)8-15(13)30-19(21)22;/h2-3,6-8,19H,4-5,9-11H2,1H3,(H2,23,24,25);1H. The molecule has 0 spiro atoms. The van der Waals surface area contributed by atoms with Crippen LogP contribution in [0.25, 0.3) is 0 Å². The van der Waals surface area contributed by atoms with Crippen molar-refractivity contribution in [3.05, 3.63) is 41.5 Å². The number of alkyl halides is 2. The smallest absolute Gasteiger partial charge is 0.387 e. The topological polar surface area (TPSA) is 82.6 Å². The summed E-state index contributed by atoms with van der Waals surface area (Å²) in [5, 5.41) is 6.28. The Labute approximate surface area is 194 Å². The number of rotatable bonds is 7. The second-order valence-corrected chi connectivity index (χ2v) is 6.48. The summed E-state index contributed by atoms with van der Waals surface area (Å²) in [7, 11) is 1.63. The molecule has 2 aromatic carbocycles. The number of hydrogen-bond donors (Lipinski definition) is 2. The molecule has 2 aliphatic rings. The summed E-state index contributed by atoms with van der Waals surface area (Å²) in [6, 6.07) is 8.83. The molecule has 2 aliphatic heterocycles. The average Bonchev–Trinajstić information content (AvgIpc) is 3.38. The number of hydrogen-bond acceptors (Lipinski definition) is 6. The number of ether oxygens (including phenoxy) is 5. The Morgan fingerprint density at radius 2 is 1.68 bits per heavy atom. The normalized spacial score (nSPS) is 13.7. The molecule has 0 atom stereocenters. The minimum atomic E-state index is -2.94. The van der Waals surface area contributed by atoms with E-state index in [-0.39, 0.29) is 49.9 Å². The molecule has 11 heteroatoms. The molecule has 2 heterocycles. The summed E-state index contributed by atoms with van der Waals surface area (Å²) in [6.07, 6.45) is 0.737. The van der Waals surface area contributed by atoms with E-state index >= 15 is 0 Å². The van der Waals surface area contributed by atoms with Crippen molar-refractivity contribution < 1.29 is 32.5 Å². The van der Waals surface area contributed by atoms with Crippen LogP contribution in [0.2, 0.25) is 0 Å². The maximum atomic E-state index is 12.8. The number of benzene rings is 2. The highest BCUT2D eigenvalue weighted by Crippen LogP contribution is 2.38. The van der Waals surface area contributed by atoms with E-state index in [4.69, 9.17) is 18.9 Å². The summed E-state index contributed by atoms with van der Waals surface area (Å²) in [4.78, 5) is 4.16. The third-order valence-electron chi connectivity index (χ3n) is 4.58. The van der Waals surface area contributed by atoms with Gasteiger partial charge in [0, 0.05) is 31.8 Å². The Morgan fingerprint density at radius 1 is 1.00 bits per heavy atom. The minimum absolute atomic E-state index is 0. The first-order chi connectivity index (χ1) is 14.6. The fourth-order valence-corrected chi connectivity index (χ4v) is 3.13. The number of nitrogens with zero attached hydrogens (tertiary/aromatic N) is 1. The quantitative estimate of drug-likeness (QED) is 0.312. The molecule has 2 N–H and O–H groups in total. The molecular weight excluding hydrogens is 527 g/mol. The first kappa shape index (κ1) is 23.0. The number of guanidine groups is 1.